The van der Waals surface area contributed by atoms with Gasteiger partial charge in [-0.05, 0) is 29.7 Å². The summed E-state index contributed by atoms with van der Waals surface area (Å²) in [5.74, 6) is -2.23. The molecule has 0 heterocycles. The predicted octanol–water partition coefficient (Wildman–Crippen LogP) is 7.78. The monoisotopic (exact) mass is 704 g/mol. The minimum Gasteiger partial charge on any atom is -0.449 e. The van der Waals surface area contributed by atoms with Crippen LogP contribution in [0.2, 0.25) is 0 Å². The highest BCUT2D eigenvalue weighted by molar-refractivity contribution is 6.67. The van der Waals surface area contributed by atoms with Crippen molar-refractivity contribution in [1.82, 2.24) is 0 Å². The van der Waals surface area contributed by atoms with Crippen LogP contribution in [0, 0.1) is 0 Å². The number of hydrogen-bond acceptors (Lipinski definition) is 8. The van der Waals surface area contributed by atoms with Crippen LogP contribution in [-0.2, 0) is 9.47 Å². The van der Waals surface area contributed by atoms with Gasteiger partial charge in [-0.25, -0.2) is 9.59 Å². The summed E-state index contributed by atoms with van der Waals surface area (Å²) in [5.41, 5.74) is 0.199. The molecule has 10 nitrogen and oxygen atoms in total. The zero-order valence-electron chi connectivity index (χ0n) is 24.9. The van der Waals surface area contributed by atoms with E-state index in [0.717, 1.165) is 0 Å². The zero-order chi connectivity index (χ0) is 34.3. The molecule has 13 heteroatoms. The van der Waals surface area contributed by atoms with Gasteiger partial charge in [0.05, 0.1) is 29.1 Å². The fourth-order valence-electron chi connectivity index (χ4n) is 5.74. The number of amides is 2. The molecule has 48 heavy (non-hydrogen) atoms. The fourth-order valence-corrected chi connectivity index (χ4v) is 5.90. The molecule has 242 valence electrons. The van der Waals surface area contributed by atoms with Crippen molar-refractivity contribution >= 4 is 81.5 Å². The van der Waals surface area contributed by atoms with E-state index in [9.17, 15) is 28.8 Å². The Morgan fingerprint density at radius 2 is 0.938 bits per heavy atom. The quantitative estimate of drug-likeness (QED) is 0.167. The van der Waals surface area contributed by atoms with Crippen LogP contribution in [0.4, 0.5) is 21.0 Å². The maximum atomic E-state index is 14.2. The highest BCUT2D eigenvalue weighted by Gasteiger charge is 2.39. The van der Waals surface area contributed by atoms with Gasteiger partial charge in [0.15, 0.2) is 23.1 Å². The van der Waals surface area contributed by atoms with Gasteiger partial charge in [0, 0.05) is 33.4 Å². The number of halogens is 3. The normalized spacial score (nSPS) is 13.2. The van der Waals surface area contributed by atoms with Gasteiger partial charge < -0.3 is 9.47 Å². The average Bonchev–Trinajstić information content (AvgIpc) is 3.07. The van der Waals surface area contributed by atoms with E-state index in [1.807, 2.05) is 6.92 Å². The molecule has 0 spiro atoms. The second-order valence-corrected chi connectivity index (χ2v) is 13.3. The summed E-state index contributed by atoms with van der Waals surface area (Å²) in [5, 5.41) is 5.01. The number of carbonyl (C=O) groups excluding carboxylic acids is 6. The lowest BCUT2D eigenvalue weighted by Crippen LogP contribution is -2.27. The Balaban J connectivity index is 1.57. The first-order valence-corrected chi connectivity index (χ1v) is 15.7. The molecule has 0 saturated carbocycles. The lowest BCUT2D eigenvalue weighted by molar-refractivity contribution is 0.0978. The lowest BCUT2D eigenvalue weighted by atomic mass is 9.75. The van der Waals surface area contributed by atoms with Crippen LogP contribution in [0.25, 0.3) is 11.1 Å². The van der Waals surface area contributed by atoms with E-state index in [1.165, 1.54) is 48.5 Å². The van der Waals surface area contributed by atoms with E-state index in [-0.39, 0.29) is 73.6 Å². The Morgan fingerprint density at radius 3 is 1.31 bits per heavy atom. The molecule has 0 unspecified atom stereocenters. The number of alkyl halides is 3. The first-order valence-electron chi connectivity index (χ1n) is 14.6. The number of hydrogen-bond donors (Lipinski definition) is 2. The third-order valence-electron chi connectivity index (χ3n) is 7.72. The Labute approximate surface area is 288 Å². The number of benzene rings is 4. The molecule has 4 aromatic carbocycles. The third kappa shape index (κ3) is 5.94. The highest BCUT2D eigenvalue weighted by atomic mass is 35.6. The van der Waals surface area contributed by atoms with Crippen molar-refractivity contribution in [3.05, 3.63) is 117 Å². The molecule has 0 aliphatic heterocycles. The number of nitrogens with one attached hydrogen (secondary N) is 2. The molecule has 6 rings (SSSR count). The lowest BCUT2D eigenvalue weighted by Gasteiger charge is -2.26. The molecule has 0 aromatic heterocycles. The van der Waals surface area contributed by atoms with Crippen molar-refractivity contribution in [2.24, 2.45) is 0 Å². The second-order valence-electron chi connectivity index (χ2n) is 10.8. The molecule has 0 radical (unpaired) electrons. The van der Waals surface area contributed by atoms with E-state index in [1.54, 1.807) is 24.3 Å². The van der Waals surface area contributed by atoms with Gasteiger partial charge in [-0.15, -0.1) is 0 Å². The van der Waals surface area contributed by atoms with Gasteiger partial charge >= 0.3 is 12.2 Å². The van der Waals surface area contributed by atoms with Crippen molar-refractivity contribution in [2.75, 3.05) is 23.8 Å². The van der Waals surface area contributed by atoms with Crippen molar-refractivity contribution in [1.29, 1.82) is 0 Å². The van der Waals surface area contributed by atoms with Gasteiger partial charge in [0.2, 0.25) is 3.79 Å². The van der Waals surface area contributed by atoms with Crippen LogP contribution in [0.15, 0.2) is 72.8 Å². The van der Waals surface area contributed by atoms with Crippen molar-refractivity contribution in [2.45, 2.75) is 17.1 Å². The summed E-state index contributed by atoms with van der Waals surface area (Å²) in [6.45, 7) is 1.35. The molecule has 2 aliphatic carbocycles. The maximum absolute atomic E-state index is 14.2. The van der Waals surface area contributed by atoms with Crippen LogP contribution in [0.3, 0.4) is 0 Å². The molecule has 0 bridgehead atoms. The van der Waals surface area contributed by atoms with Gasteiger partial charge in [-0.2, -0.15) is 0 Å². The second kappa shape index (κ2) is 12.9. The Kier molecular flexibility index (Phi) is 8.82. The number of fused-ring (bicyclic) bond motifs is 4. The summed E-state index contributed by atoms with van der Waals surface area (Å²) >= 11 is 17.1. The topological polar surface area (TPSA) is 145 Å². The molecule has 0 fully saturated rings. The molecule has 2 amide bonds. The first-order chi connectivity index (χ1) is 22.9. The summed E-state index contributed by atoms with van der Waals surface area (Å²) in [7, 11) is 0. The van der Waals surface area contributed by atoms with E-state index < -0.39 is 45.7 Å². The number of carbonyl (C=O) groups is 6. The number of anilines is 2. The minimum atomic E-state index is -1.90. The predicted molar refractivity (Wildman–Crippen MR) is 179 cm³/mol. The van der Waals surface area contributed by atoms with Crippen molar-refractivity contribution in [3.8, 4) is 11.1 Å². The third-order valence-corrected chi connectivity index (χ3v) is 8.05. The number of ether oxygens (including phenoxy) is 2. The Bertz CT molecular complexity index is 2090. The van der Waals surface area contributed by atoms with Crippen LogP contribution in [-0.4, -0.2) is 52.3 Å². The maximum Gasteiger partial charge on any atom is 0.411 e. The van der Waals surface area contributed by atoms with Crippen LogP contribution in [0.5, 0.6) is 0 Å². The van der Waals surface area contributed by atoms with Gasteiger partial charge in [0.25, 0.3) is 0 Å². The molecule has 0 saturated heterocycles. The smallest absolute Gasteiger partial charge is 0.411 e. The van der Waals surface area contributed by atoms with E-state index >= 15 is 0 Å². The van der Waals surface area contributed by atoms with E-state index in [2.05, 4.69) is 10.6 Å². The molecule has 2 aliphatic rings. The summed E-state index contributed by atoms with van der Waals surface area (Å²) < 4.78 is 8.23. The zero-order valence-corrected chi connectivity index (χ0v) is 27.2. The van der Waals surface area contributed by atoms with Gasteiger partial charge in [-0.1, -0.05) is 102 Å². The largest absolute Gasteiger partial charge is 0.449 e. The molecular weight excluding hydrogens is 683 g/mol. The van der Waals surface area contributed by atoms with Gasteiger partial charge in [-0.3, -0.25) is 29.8 Å². The average molecular weight is 706 g/mol. The summed E-state index contributed by atoms with van der Waals surface area (Å²) in [6, 6.07) is 18.1. The van der Waals surface area contributed by atoms with Crippen LogP contribution >= 0.6 is 34.8 Å². The highest BCUT2D eigenvalue weighted by Crippen LogP contribution is 2.43. The van der Waals surface area contributed by atoms with Crippen LogP contribution < -0.4 is 10.6 Å². The molecule has 4 aromatic rings. The summed E-state index contributed by atoms with van der Waals surface area (Å²) in [4.78, 5) is 81.6. The number of rotatable bonds is 6. The number of ketones is 4. The Hall–Kier alpha value is -5.03. The van der Waals surface area contributed by atoms with E-state index in [0.29, 0.717) is 6.42 Å². The summed E-state index contributed by atoms with van der Waals surface area (Å²) in [6.07, 6.45) is -1.32. The van der Waals surface area contributed by atoms with Gasteiger partial charge in [0.1, 0.15) is 6.61 Å². The Morgan fingerprint density at radius 1 is 0.562 bits per heavy atom. The minimum absolute atomic E-state index is 0.0271. The van der Waals surface area contributed by atoms with Crippen LogP contribution in [0.1, 0.15) is 77.0 Å². The SMILES string of the molecule is CCCOC(=O)Nc1ccc(-c2ccc(NC(=O)OCC(Cl)(Cl)Cl)c3c2C(=O)c2ccccc2C3=O)c2c1C(=O)c1ccccc1C2=O. The molecule has 2 N–H and O–H groups in total. The standard InChI is InChI=1S/C35H23Cl3N2O8/c1-2-15-47-33(45)39-23-13-11-17(25-27(23)31(43)21-9-5-3-7-19(21)29(25)41)18-12-14-24(40-34(46)48-16-35(36,37)38)28-26(18)30(42)20-8-4-6-10-22(20)32(28)44/h3-14H,2,15-16H2,1H3,(H,39,45)(H,40,46). The molecule has 0 atom stereocenters. The van der Waals surface area contributed by atoms with Crippen molar-refractivity contribution < 1.29 is 38.2 Å². The van der Waals surface area contributed by atoms with E-state index in [4.69, 9.17) is 44.3 Å². The fraction of sp³-hybridized carbons (Fsp3) is 0.143. The van der Waals surface area contributed by atoms with Crippen molar-refractivity contribution in [3.63, 3.8) is 0 Å². The first kappa shape index (κ1) is 32.9. The molecular formula is C35H23Cl3N2O8.